The van der Waals surface area contributed by atoms with E-state index < -0.39 is 12.1 Å². The van der Waals surface area contributed by atoms with E-state index in [1.807, 2.05) is 0 Å². The monoisotopic (exact) mass is 308 g/mol. The predicted molar refractivity (Wildman–Crippen MR) is 54.4 cm³/mol. The van der Waals surface area contributed by atoms with Gasteiger partial charge in [-0.05, 0) is 37.9 Å². The molecule has 0 aromatic heterocycles. The van der Waals surface area contributed by atoms with E-state index in [-0.39, 0.29) is 0 Å². The Labute approximate surface area is 91.6 Å². The minimum absolute atomic E-state index is 0.335. The van der Waals surface area contributed by atoms with Crippen LogP contribution in [0.2, 0.25) is 0 Å². The number of halogens is 2. The number of carboxylic acid groups (broad SMARTS) is 1. The van der Waals surface area contributed by atoms with Gasteiger partial charge in [0.2, 0.25) is 0 Å². The number of hydrogen-bond donors (Lipinski definition) is 2. The molecule has 1 rings (SSSR count). The molecule has 0 spiro atoms. The highest BCUT2D eigenvalue weighted by Crippen LogP contribution is 2.30. The fourth-order valence-electron chi connectivity index (χ4n) is 0.865. The molecule has 5 heteroatoms. The number of aliphatic hydroxyl groups is 1. The van der Waals surface area contributed by atoms with E-state index in [0.29, 0.717) is 14.5 Å². The molecule has 2 N–H and O–H groups in total. The van der Waals surface area contributed by atoms with Gasteiger partial charge in [0.25, 0.3) is 0 Å². The lowest BCUT2D eigenvalue weighted by molar-refractivity contribution is -0.147. The van der Waals surface area contributed by atoms with Crippen molar-refractivity contribution in [3.8, 4) is 0 Å². The largest absolute Gasteiger partial charge is 0.479 e. The molecule has 1 aromatic rings. The van der Waals surface area contributed by atoms with Gasteiger partial charge in [0.15, 0.2) is 6.10 Å². The summed E-state index contributed by atoms with van der Waals surface area (Å²) in [5.74, 6) is -1.26. The van der Waals surface area contributed by atoms with Crippen molar-refractivity contribution in [3.63, 3.8) is 0 Å². The molecule has 0 aliphatic heterocycles. The maximum Gasteiger partial charge on any atom is 0.337 e. The van der Waals surface area contributed by atoms with Crippen LogP contribution in [0.25, 0.3) is 0 Å². The Kier molecular flexibility index (Phi) is 3.47. The number of rotatable bonds is 2. The first-order valence-corrected chi connectivity index (χ1v) is 4.97. The van der Waals surface area contributed by atoms with Gasteiger partial charge in [-0.25, -0.2) is 4.79 Å². The second kappa shape index (κ2) is 4.21. The SMILES string of the molecule is O=C(O)C(O)c1cccc(Br)c1Br. The molecule has 0 radical (unpaired) electrons. The molecule has 0 aliphatic rings. The molecular weight excluding hydrogens is 304 g/mol. The van der Waals surface area contributed by atoms with Crippen LogP contribution in [-0.2, 0) is 4.79 Å². The fraction of sp³-hybridized carbons (Fsp3) is 0.125. The normalized spacial score (nSPS) is 12.5. The molecule has 70 valence electrons. The van der Waals surface area contributed by atoms with E-state index in [9.17, 15) is 9.90 Å². The summed E-state index contributed by atoms with van der Waals surface area (Å²) in [7, 11) is 0. The first kappa shape index (κ1) is 10.7. The summed E-state index contributed by atoms with van der Waals surface area (Å²) < 4.78 is 1.27. The molecular formula is C8H6Br2O3. The Morgan fingerprint density at radius 3 is 2.54 bits per heavy atom. The molecule has 0 heterocycles. The quantitative estimate of drug-likeness (QED) is 0.881. The number of hydrogen-bond acceptors (Lipinski definition) is 2. The maximum absolute atomic E-state index is 10.5. The molecule has 0 amide bonds. The van der Waals surface area contributed by atoms with E-state index in [4.69, 9.17) is 5.11 Å². The first-order valence-electron chi connectivity index (χ1n) is 3.39. The Morgan fingerprint density at radius 1 is 1.38 bits per heavy atom. The number of aliphatic hydroxyl groups excluding tert-OH is 1. The van der Waals surface area contributed by atoms with Crippen LogP contribution in [0.1, 0.15) is 11.7 Å². The summed E-state index contributed by atoms with van der Waals surface area (Å²) >= 11 is 6.39. The summed E-state index contributed by atoms with van der Waals surface area (Å²) in [5.41, 5.74) is 0.335. The van der Waals surface area contributed by atoms with Crippen LogP contribution in [0.15, 0.2) is 27.1 Å². The lowest BCUT2D eigenvalue weighted by Crippen LogP contribution is -2.10. The van der Waals surface area contributed by atoms with Gasteiger partial charge < -0.3 is 10.2 Å². The van der Waals surface area contributed by atoms with E-state index in [1.165, 1.54) is 0 Å². The molecule has 0 aliphatic carbocycles. The van der Waals surface area contributed by atoms with Gasteiger partial charge in [0.1, 0.15) is 0 Å². The van der Waals surface area contributed by atoms with Crippen molar-refractivity contribution < 1.29 is 15.0 Å². The van der Waals surface area contributed by atoms with E-state index in [2.05, 4.69) is 31.9 Å². The van der Waals surface area contributed by atoms with Crippen molar-refractivity contribution in [1.29, 1.82) is 0 Å². The zero-order chi connectivity index (χ0) is 10.0. The van der Waals surface area contributed by atoms with Crippen LogP contribution >= 0.6 is 31.9 Å². The third-order valence-corrected chi connectivity index (χ3v) is 3.59. The number of carboxylic acids is 1. The van der Waals surface area contributed by atoms with Crippen molar-refractivity contribution >= 4 is 37.8 Å². The number of carbonyl (C=O) groups is 1. The van der Waals surface area contributed by atoms with E-state index in [1.54, 1.807) is 18.2 Å². The highest BCUT2D eigenvalue weighted by Gasteiger charge is 2.19. The summed E-state index contributed by atoms with van der Waals surface area (Å²) in [6.07, 6.45) is -1.49. The van der Waals surface area contributed by atoms with E-state index >= 15 is 0 Å². The predicted octanol–water partition coefficient (Wildman–Crippen LogP) is 2.33. The van der Waals surface area contributed by atoms with Crippen LogP contribution in [-0.4, -0.2) is 16.2 Å². The van der Waals surface area contributed by atoms with Crippen LogP contribution in [0.4, 0.5) is 0 Å². The second-order valence-corrected chi connectivity index (χ2v) is 4.03. The minimum Gasteiger partial charge on any atom is -0.479 e. The van der Waals surface area contributed by atoms with E-state index in [0.717, 1.165) is 0 Å². The van der Waals surface area contributed by atoms with Crippen molar-refractivity contribution in [2.45, 2.75) is 6.10 Å². The third kappa shape index (κ3) is 2.30. The van der Waals surface area contributed by atoms with Gasteiger partial charge in [0.05, 0.1) is 0 Å². The molecule has 1 atom stereocenters. The number of benzene rings is 1. The molecule has 0 saturated heterocycles. The topological polar surface area (TPSA) is 57.5 Å². The maximum atomic E-state index is 10.5. The number of aliphatic carboxylic acids is 1. The Morgan fingerprint density at radius 2 is 2.00 bits per heavy atom. The Hall–Kier alpha value is -0.390. The zero-order valence-electron chi connectivity index (χ0n) is 6.37. The molecule has 1 aromatic carbocycles. The zero-order valence-corrected chi connectivity index (χ0v) is 9.54. The Balaban J connectivity index is 3.15. The molecule has 3 nitrogen and oxygen atoms in total. The van der Waals surface area contributed by atoms with Crippen LogP contribution in [0.3, 0.4) is 0 Å². The second-order valence-electron chi connectivity index (χ2n) is 2.38. The van der Waals surface area contributed by atoms with Gasteiger partial charge in [-0.3, -0.25) is 0 Å². The summed E-state index contributed by atoms with van der Waals surface area (Å²) in [6.45, 7) is 0. The lowest BCUT2D eigenvalue weighted by atomic mass is 10.1. The van der Waals surface area contributed by atoms with Crippen molar-refractivity contribution in [2.24, 2.45) is 0 Å². The smallest absolute Gasteiger partial charge is 0.337 e. The fourth-order valence-corrected chi connectivity index (χ4v) is 1.73. The van der Waals surface area contributed by atoms with Gasteiger partial charge in [-0.15, -0.1) is 0 Å². The summed E-state index contributed by atoms with van der Waals surface area (Å²) in [6, 6.07) is 4.96. The summed E-state index contributed by atoms with van der Waals surface area (Å²) in [5, 5.41) is 17.8. The van der Waals surface area contributed by atoms with Crippen molar-refractivity contribution in [3.05, 3.63) is 32.7 Å². The molecule has 0 saturated carbocycles. The van der Waals surface area contributed by atoms with Gasteiger partial charge in [-0.1, -0.05) is 12.1 Å². The van der Waals surface area contributed by atoms with Crippen molar-refractivity contribution in [2.75, 3.05) is 0 Å². The Bertz CT molecular complexity index is 338. The minimum atomic E-state index is -1.49. The molecule has 0 bridgehead atoms. The highest BCUT2D eigenvalue weighted by molar-refractivity contribution is 9.13. The van der Waals surface area contributed by atoms with Gasteiger partial charge in [0, 0.05) is 14.5 Å². The van der Waals surface area contributed by atoms with Gasteiger partial charge >= 0.3 is 5.97 Å². The van der Waals surface area contributed by atoms with Gasteiger partial charge in [-0.2, -0.15) is 0 Å². The summed E-state index contributed by atoms with van der Waals surface area (Å²) in [4.78, 5) is 10.5. The third-order valence-electron chi connectivity index (χ3n) is 1.51. The average Bonchev–Trinajstić information content (AvgIpc) is 2.08. The van der Waals surface area contributed by atoms with Crippen LogP contribution < -0.4 is 0 Å². The standard InChI is InChI=1S/C8H6Br2O3/c9-5-3-1-2-4(6(5)10)7(11)8(12)13/h1-3,7,11H,(H,12,13). The molecule has 1 unspecified atom stereocenters. The average molecular weight is 310 g/mol. The molecule has 0 fully saturated rings. The molecule has 13 heavy (non-hydrogen) atoms. The van der Waals surface area contributed by atoms with Crippen molar-refractivity contribution in [1.82, 2.24) is 0 Å². The van der Waals surface area contributed by atoms with Crippen LogP contribution in [0.5, 0.6) is 0 Å². The highest BCUT2D eigenvalue weighted by atomic mass is 79.9. The van der Waals surface area contributed by atoms with Crippen LogP contribution in [0, 0.1) is 0 Å². The lowest BCUT2D eigenvalue weighted by Gasteiger charge is -2.08. The first-order chi connectivity index (χ1) is 6.04.